The first-order valence-electron chi connectivity index (χ1n) is 21.6. The monoisotopic (exact) mass is 851 g/mol. The summed E-state index contributed by atoms with van der Waals surface area (Å²) in [4.78, 5) is 59.6. The Morgan fingerprint density at radius 3 is 1.69 bits per heavy atom. The Hall–Kier alpha value is -5.47. The molecule has 0 saturated carbocycles. The van der Waals surface area contributed by atoms with Gasteiger partial charge in [0.25, 0.3) is 0 Å². The normalized spacial score (nSPS) is 19.0. The maximum absolute atomic E-state index is 14.0. The van der Waals surface area contributed by atoms with Crippen molar-refractivity contribution in [3.63, 3.8) is 0 Å². The number of H-pyrrole nitrogens is 2. The summed E-state index contributed by atoms with van der Waals surface area (Å²) >= 11 is 0. The quantitative estimate of drug-likeness (QED) is 0.0975. The number of hydrogen-bond acceptors (Lipinski definition) is 9. The fourth-order valence-electron chi connectivity index (χ4n) is 7.95. The number of carbonyl (C=O) groups is 3. The van der Waals surface area contributed by atoms with Crippen LogP contribution in [0, 0.1) is 10.8 Å². The van der Waals surface area contributed by atoms with Crippen LogP contribution >= 0.6 is 0 Å². The van der Waals surface area contributed by atoms with Crippen molar-refractivity contribution >= 4 is 18.1 Å². The molecular formula is C48H66N8O6. The van der Waals surface area contributed by atoms with Crippen molar-refractivity contribution in [3.05, 3.63) is 84.7 Å². The van der Waals surface area contributed by atoms with Crippen LogP contribution in [-0.2, 0) is 14.3 Å². The Morgan fingerprint density at radius 2 is 1.19 bits per heavy atom. The smallest absolute Gasteiger partial charge is 0.408 e. The molecule has 5 atom stereocenters. The molecule has 0 bridgehead atoms. The Labute approximate surface area is 366 Å². The summed E-state index contributed by atoms with van der Waals surface area (Å²) in [6, 6.07) is 14.6. The lowest BCUT2D eigenvalue weighted by Crippen LogP contribution is -2.58. The third kappa shape index (κ3) is 11.1. The summed E-state index contributed by atoms with van der Waals surface area (Å²) in [5.74, 6) is 1.26. The van der Waals surface area contributed by atoms with E-state index >= 15 is 0 Å². The predicted molar refractivity (Wildman–Crippen MR) is 241 cm³/mol. The van der Waals surface area contributed by atoms with Gasteiger partial charge in [0.2, 0.25) is 5.91 Å². The fourth-order valence-corrected chi connectivity index (χ4v) is 7.95. The van der Waals surface area contributed by atoms with Gasteiger partial charge in [-0.25, -0.2) is 19.6 Å². The van der Waals surface area contributed by atoms with Crippen molar-refractivity contribution in [2.24, 2.45) is 10.8 Å². The van der Waals surface area contributed by atoms with Gasteiger partial charge in [0, 0.05) is 13.1 Å². The molecule has 0 radical (unpaired) electrons. The van der Waals surface area contributed by atoms with Crippen LogP contribution in [0.3, 0.4) is 0 Å². The number of aliphatic hydroxyl groups is 1. The van der Waals surface area contributed by atoms with Crippen LogP contribution in [0.4, 0.5) is 9.59 Å². The van der Waals surface area contributed by atoms with E-state index in [0.717, 1.165) is 52.3 Å². The molecule has 6 rings (SSSR count). The average molecular weight is 851 g/mol. The molecule has 3 amide bonds. The molecule has 4 aromatic rings. The number of hydrogen-bond donors (Lipinski definition) is 5. The molecule has 0 aliphatic carbocycles. The van der Waals surface area contributed by atoms with Crippen molar-refractivity contribution < 1.29 is 29.0 Å². The SMILES string of the molecule is CC(C)(C)OC(=O)N[C@H](C(=O)N1CCC[C@H]1c1ncc(-c2ccc(-c3ccc(-c4cnc([C@@H]5C=CCN5C(O)[C@@H](NC(=O)OC(C)(C)C)C(C)(C)C)[nH]4)cc3)cc2)[nH]1)C(C)(C)C. The predicted octanol–water partition coefficient (Wildman–Crippen LogP) is 8.91. The van der Waals surface area contributed by atoms with Gasteiger partial charge in [0.1, 0.15) is 35.1 Å². The molecule has 2 aromatic carbocycles. The molecule has 14 heteroatoms. The summed E-state index contributed by atoms with van der Waals surface area (Å²) in [5, 5.41) is 17.4. The minimum Gasteiger partial charge on any atom is -0.444 e. The van der Waals surface area contributed by atoms with E-state index in [4.69, 9.17) is 19.4 Å². The minimum atomic E-state index is -1.01. The first kappa shape index (κ1) is 46.0. The van der Waals surface area contributed by atoms with E-state index < -0.39 is 52.5 Å². The van der Waals surface area contributed by atoms with Crippen LogP contribution < -0.4 is 10.6 Å². The van der Waals surface area contributed by atoms with Crippen LogP contribution in [0.2, 0.25) is 0 Å². The lowest BCUT2D eigenvalue weighted by molar-refractivity contribution is -0.137. The molecule has 4 heterocycles. The van der Waals surface area contributed by atoms with Crippen LogP contribution in [0.15, 0.2) is 73.1 Å². The zero-order valence-corrected chi connectivity index (χ0v) is 38.4. The summed E-state index contributed by atoms with van der Waals surface area (Å²) in [6.07, 6.45) is 7.03. The number of rotatable bonds is 10. The second kappa shape index (κ2) is 17.7. The van der Waals surface area contributed by atoms with E-state index in [1.54, 1.807) is 27.0 Å². The Morgan fingerprint density at radius 1 is 0.710 bits per heavy atom. The molecule has 1 unspecified atom stereocenters. The fraction of sp³-hybridized carbons (Fsp3) is 0.521. The highest BCUT2D eigenvalue weighted by molar-refractivity contribution is 5.87. The molecule has 2 aromatic heterocycles. The number of likely N-dealkylation sites (tertiary alicyclic amines) is 1. The average Bonchev–Trinajstić information content (AvgIpc) is 4.00. The van der Waals surface area contributed by atoms with Gasteiger partial charge in [0.05, 0.1) is 41.9 Å². The van der Waals surface area contributed by atoms with Crippen LogP contribution in [0.5, 0.6) is 0 Å². The highest BCUT2D eigenvalue weighted by atomic mass is 16.6. The van der Waals surface area contributed by atoms with Crippen molar-refractivity contribution in [1.82, 2.24) is 40.4 Å². The number of nitrogens with zero attached hydrogens (tertiary/aromatic N) is 4. The number of aliphatic hydroxyl groups excluding tert-OH is 1. The van der Waals surface area contributed by atoms with Crippen molar-refractivity contribution in [3.8, 4) is 33.6 Å². The number of imidazole rings is 2. The number of carbonyl (C=O) groups excluding carboxylic acids is 3. The number of alkyl carbamates (subject to hydrolysis) is 2. The standard InChI is InChI=1S/C48H66N8O6/c1-45(2,3)37(53-43(59)61-47(7,8)9)41(57)55-25-13-15-35(55)39-49-27-33(51-39)31-21-17-29(18-22-31)30-19-23-32(24-20-30)34-28-50-40(52-34)36-16-14-26-56(36)42(58)38(46(4,5)6)54-44(60)62-48(10,11)12/h13,15,17-24,27-28,35-38,41,57H,14,16,25-26H2,1-12H3,(H,49,51)(H,50,52)(H,53,59)(H,54,60)/t35-,36-,37+,38+,41?/m0/s1. The van der Waals surface area contributed by atoms with Gasteiger partial charge in [-0.15, -0.1) is 0 Å². The zero-order chi connectivity index (χ0) is 45.4. The topological polar surface area (TPSA) is 178 Å². The van der Waals surface area contributed by atoms with E-state index in [1.807, 2.05) is 90.5 Å². The highest BCUT2D eigenvalue weighted by Crippen LogP contribution is 2.36. The molecular weight excluding hydrogens is 785 g/mol. The van der Waals surface area contributed by atoms with Gasteiger partial charge in [0.15, 0.2) is 0 Å². The van der Waals surface area contributed by atoms with Gasteiger partial charge >= 0.3 is 12.2 Å². The number of ether oxygens (including phenoxy) is 2. The Balaban J connectivity index is 1.10. The maximum Gasteiger partial charge on any atom is 0.408 e. The van der Waals surface area contributed by atoms with Crippen LogP contribution in [0.25, 0.3) is 33.6 Å². The molecule has 2 aliphatic rings. The van der Waals surface area contributed by atoms with Gasteiger partial charge in [-0.1, -0.05) is 102 Å². The number of benzene rings is 2. The number of nitrogens with one attached hydrogen (secondary N) is 4. The summed E-state index contributed by atoms with van der Waals surface area (Å²) in [5.41, 5.74) is 3.40. The van der Waals surface area contributed by atoms with E-state index in [-0.39, 0.29) is 18.0 Å². The first-order valence-corrected chi connectivity index (χ1v) is 21.6. The molecule has 1 saturated heterocycles. The van der Waals surface area contributed by atoms with E-state index in [0.29, 0.717) is 18.9 Å². The second-order valence-corrected chi connectivity index (χ2v) is 20.6. The lowest BCUT2D eigenvalue weighted by Gasteiger charge is -2.40. The van der Waals surface area contributed by atoms with Crippen molar-refractivity contribution in [1.29, 1.82) is 0 Å². The Bertz CT molecular complexity index is 2220. The maximum atomic E-state index is 14.0. The van der Waals surface area contributed by atoms with Gasteiger partial charge < -0.3 is 40.1 Å². The Kier molecular flexibility index (Phi) is 13.2. The third-order valence-corrected chi connectivity index (χ3v) is 11.1. The van der Waals surface area contributed by atoms with E-state index in [1.165, 1.54) is 0 Å². The van der Waals surface area contributed by atoms with Crippen LogP contribution in [0.1, 0.15) is 120 Å². The van der Waals surface area contributed by atoms with E-state index in [2.05, 4.69) is 69.1 Å². The summed E-state index contributed by atoms with van der Waals surface area (Å²) in [6.45, 7) is 23.6. The third-order valence-electron chi connectivity index (χ3n) is 11.1. The van der Waals surface area contributed by atoms with E-state index in [9.17, 15) is 19.5 Å². The first-order chi connectivity index (χ1) is 28.9. The number of amides is 3. The van der Waals surface area contributed by atoms with Gasteiger partial charge in [-0.2, -0.15) is 0 Å². The molecule has 334 valence electrons. The lowest BCUT2D eigenvalue weighted by atomic mass is 9.85. The number of aromatic amines is 2. The molecule has 1 fully saturated rings. The van der Waals surface area contributed by atoms with Crippen molar-refractivity contribution in [2.75, 3.05) is 13.1 Å². The van der Waals surface area contributed by atoms with Crippen LogP contribution in [-0.4, -0.2) is 95.5 Å². The second-order valence-electron chi connectivity index (χ2n) is 20.6. The van der Waals surface area contributed by atoms with Gasteiger partial charge in [-0.05, 0) is 87.5 Å². The van der Waals surface area contributed by atoms with Crippen molar-refractivity contribution in [2.45, 2.75) is 138 Å². The molecule has 14 nitrogen and oxygen atoms in total. The summed E-state index contributed by atoms with van der Waals surface area (Å²) < 4.78 is 11.0. The minimum absolute atomic E-state index is 0.152. The molecule has 62 heavy (non-hydrogen) atoms. The van der Waals surface area contributed by atoms with Gasteiger partial charge in [-0.3, -0.25) is 9.69 Å². The molecule has 0 spiro atoms. The zero-order valence-electron chi connectivity index (χ0n) is 38.4. The summed E-state index contributed by atoms with van der Waals surface area (Å²) in [7, 11) is 0. The largest absolute Gasteiger partial charge is 0.444 e. The molecule has 5 N–H and O–H groups in total. The number of aromatic nitrogens is 4. The molecule has 2 aliphatic heterocycles. The highest BCUT2D eigenvalue weighted by Gasteiger charge is 2.43.